The zero-order chi connectivity index (χ0) is 17.2. The topological polar surface area (TPSA) is 50.4 Å². The van der Waals surface area contributed by atoms with Crippen molar-refractivity contribution in [3.8, 4) is 5.75 Å². The van der Waals surface area contributed by atoms with Gasteiger partial charge in [-0.1, -0.05) is 24.3 Å². The molecule has 0 atom stereocenters. The van der Waals surface area contributed by atoms with Gasteiger partial charge in [0.25, 0.3) is 0 Å². The second-order valence-electron chi connectivity index (χ2n) is 6.56. The maximum atomic E-state index is 12.2. The van der Waals surface area contributed by atoms with Crippen molar-refractivity contribution in [1.29, 1.82) is 0 Å². The number of aryl methyl sites for hydroxylation is 1. The SMILES string of the molecule is COc1ccc(C2(CNC(=O)Nc3cccc(C)c3C)CC2)cc1. The second-order valence-corrected chi connectivity index (χ2v) is 6.56. The number of amides is 2. The molecule has 2 aromatic carbocycles. The van der Waals surface area contributed by atoms with Crippen molar-refractivity contribution in [2.75, 3.05) is 19.0 Å². The van der Waals surface area contributed by atoms with E-state index in [0.717, 1.165) is 29.8 Å². The normalized spacial score (nSPS) is 14.8. The Balaban J connectivity index is 1.60. The number of ether oxygens (including phenoxy) is 1. The Morgan fingerprint density at radius 2 is 1.83 bits per heavy atom. The fourth-order valence-electron chi connectivity index (χ4n) is 2.97. The van der Waals surface area contributed by atoms with Gasteiger partial charge in [0.1, 0.15) is 5.75 Å². The molecule has 4 heteroatoms. The predicted molar refractivity (Wildman–Crippen MR) is 96.8 cm³/mol. The fraction of sp³-hybridized carbons (Fsp3) is 0.350. The molecule has 24 heavy (non-hydrogen) atoms. The molecule has 1 aliphatic rings. The van der Waals surface area contributed by atoms with Crippen molar-refractivity contribution in [1.82, 2.24) is 5.32 Å². The molecule has 1 aliphatic carbocycles. The van der Waals surface area contributed by atoms with Gasteiger partial charge in [-0.3, -0.25) is 0 Å². The summed E-state index contributed by atoms with van der Waals surface area (Å²) in [6, 6.07) is 13.9. The molecular formula is C20H24N2O2. The molecule has 0 spiro atoms. The summed E-state index contributed by atoms with van der Waals surface area (Å²) in [5.41, 5.74) is 4.47. The lowest BCUT2D eigenvalue weighted by molar-refractivity contribution is 0.251. The molecule has 0 unspecified atom stereocenters. The van der Waals surface area contributed by atoms with E-state index >= 15 is 0 Å². The molecule has 1 saturated carbocycles. The zero-order valence-electron chi connectivity index (χ0n) is 14.5. The van der Waals surface area contributed by atoms with E-state index in [1.807, 2.05) is 44.2 Å². The number of rotatable bonds is 5. The van der Waals surface area contributed by atoms with Crippen LogP contribution in [-0.2, 0) is 5.41 Å². The first-order valence-corrected chi connectivity index (χ1v) is 8.30. The van der Waals surface area contributed by atoms with Crippen molar-refractivity contribution in [2.24, 2.45) is 0 Å². The van der Waals surface area contributed by atoms with Crippen molar-refractivity contribution in [3.05, 3.63) is 59.2 Å². The van der Waals surface area contributed by atoms with Gasteiger partial charge in [0.2, 0.25) is 0 Å². The smallest absolute Gasteiger partial charge is 0.319 e. The zero-order valence-corrected chi connectivity index (χ0v) is 14.5. The minimum absolute atomic E-state index is 0.0747. The van der Waals surface area contributed by atoms with Gasteiger partial charge in [0.15, 0.2) is 0 Å². The van der Waals surface area contributed by atoms with E-state index in [-0.39, 0.29) is 11.4 Å². The quantitative estimate of drug-likeness (QED) is 0.867. The monoisotopic (exact) mass is 324 g/mol. The lowest BCUT2D eigenvalue weighted by Crippen LogP contribution is -2.35. The highest BCUT2D eigenvalue weighted by Crippen LogP contribution is 2.47. The molecular weight excluding hydrogens is 300 g/mol. The lowest BCUT2D eigenvalue weighted by atomic mass is 9.96. The van der Waals surface area contributed by atoms with Crippen LogP contribution in [0.15, 0.2) is 42.5 Å². The van der Waals surface area contributed by atoms with Crippen LogP contribution in [0.4, 0.5) is 10.5 Å². The molecule has 4 nitrogen and oxygen atoms in total. The first-order chi connectivity index (χ1) is 11.5. The summed E-state index contributed by atoms with van der Waals surface area (Å²) in [5.74, 6) is 0.857. The molecule has 0 saturated heterocycles. The summed E-state index contributed by atoms with van der Waals surface area (Å²) in [4.78, 5) is 12.2. The minimum Gasteiger partial charge on any atom is -0.497 e. The maximum absolute atomic E-state index is 12.2. The van der Waals surface area contributed by atoms with E-state index in [9.17, 15) is 4.79 Å². The first-order valence-electron chi connectivity index (χ1n) is 8.30. The number of hydrogen-bond acceptors (Lipinski definition) is 2. The highest BCUT2D eigenvalue weighted by atomic mass is 16.5. The molecule has 2 N–H and O–H groups in total. The fourth-order valence-corrected chi connectivity index (χ4v) is 2.97. The van der Waals surface area contributed by atoms with Gasteiger partial charge in [0, 0.05) is 17.6 Å². The van der Waals surface area contributed by atoms with Crippen LogP contribution in [0, 0.1) is 13.8 Å². The molecule has 3 rings (SSSR count). The third-order valence-electron chi connectivity index (χ3n) is 5.00. The third kappa shape index (κ3) is 3.37. The lowest BCUT2D eigenvalue weighted by Gasteiger charge is -2.18. The van der Waals surface area contributed by atoms with Gasteiger partial charge in [-0.15, -0.1) is 0 Å². The second kappa shape index (κ2) is 6.56. The van der Waals surface area contributed by atoms with Crippen LogP contribution in [0.5, 0.6) is 5.75 Å². The summed E-state index contributed by atoms with van der Waals surface area (Å²) < 4.78 is 5.21. The number of methoxy groups -OCH3 is 1. The van der Waals surface area contributed by atoms with Crippen LogP contribution in [-0.4, -0.2) is 19.7 Å². The molecule has 1 fully saturated rings. The largest absolute Gasteiger partial charge is 0.497 e. The average Bonchev–Trinajstić information content (AvgIpc) is 3.38. The van der Waals surface area contributed by atoms with E-state index in [1.165, 1.54) is 11.1 Å². The minimum atomic E-state index is -0.150. The number of hydrogen-bond donors (Lipinski definition) is 2. The first kappa shape index (κ1) is 16.4. The van der Waals surface area contributed by atoms with Gasteiger partial charge in [0.05, 0.1) is 7.11 Å². The predicted octanol–water partition coefficient (Wildman–Crippen LogP) is 4.17. The molecule has 2 aromatic rings. The number of carbonyl (C=O) groups is 1. The Morgan fingerprint density at radius 1 is 1.12 bits per heavy atom. The van der Waals surface area contributed by atoms with Gasteiger partial charge in [-0.05, 0) is 61.6 Å². The molecule has 0 aromatic heterocycles. The molecule has 0 bridgehead atoms. The summed E-state index contributed by atoms with van der Waals surface area (Å²) in [6.45, 7) is 4.71. The van der Waals surface area contributed by atoms with E-state index in [0.29, 0.717) is 6.54 Å². The molecule has 2 amide bonds. The number of carbonyl (C=O) groups excluding carboxylic acids is 1. The molecule has 0 heterocycles. The highest BCUT2D eigenvalue weighted by molar-refractivity contribution is 5.90. The van der Waals surface area contributed by atoms with Crippen molar-refractivity contribution < 1.29 is 9.53 Å². The Kier molecular flexibility index (Phi) is 4.47. The van der Waals surface area contributed by atoms with Crippen LogP contribution in [0.1, 0.15) is 29.5 Å². The van der Waals surface area contributed by atoms with E-state index in [4.69, 9.17) is 4.74 Å². The summed E-state index contributed by atoms with van der Waals surface area (Å²) in [6.07, 6.45) is 2.20. The van der Waals surface area contributed by atoms with Crippen molar-refractivity contribution in [2.45, 2.75) is 32.1 Å². The maximum Gasteiger partial charge on any atom is 0.319 e. The van der Waals surface area contributed by atoms with Gasteiger partial charge in [-0.2, -0.15) is 0 Å². The van der Waals surface area contributed by atoms with Crippen LogP contribution in [0.2, 0.25) is 0 Å². The Hall–Kier alpha value is -2.49. The Morgan fingerprint density at radius 3 is 2.46 bits per heavy atom. The Bertz CT molecular complexity index is 734. The number of nitrogens with one attached hydrogen (secondary N) is 2. The van der Waals surface area contributed by atoms with Crippen LogP contribution >= 0.6 is 0 Å². The van der Waals surface area contributed by atoms with E-state index in [1.54, 1.807) is 7.11 Å². The third-order valence-corrected chi connectivity index (χ3v) is 5.00. The van der Waals surface area contributed by atoms with E-state index in [2.05, 4.69) is 22.8 Å². The Labute approximate surface area is 143 Å². The van der Waals surface area contributed by atoms with Crippen LogP contribution < -0.4 is 15.4 Å². The van der Waals surface area contributed by atoms with Gasteiger partial charge >= 0.3 is 6.03 Å². The number of benzene rings is 2. The number of anilines is 1. The van der Waals surface area contributed by atoms with Gasteiger partial charge < -0.3 is 15.4 Å². The summed E-state index contributed by atoms with van der Waals surface area (Å²) in [7, 11) is 1.67. The van der Waals surface area contributed by atoms with Gasteiger partial charge in [-0.25, -0.2) is 4.79 Å². The average molecular weight is 324 g/mol. The molecule has 126 valence electrons. The molecule has 0 radical (unpaired) electrons. The standard InChI is InChI=1S/C20H24N2O2/c1-14-5-4-6-18(15(14)2)22-19(23)21-13-20(11-12-20)16-7-9-17(24-3)10-8-16/h4-10H,11-13H2,1-3H3,(H2,21,22,23). The summed E-state index contributed by atoms with van der Waals surface area (Å²) >= 11 is 0. The highest BCUT2D eigenvalue weighted by Gasteiger charge is 2.44. The number of urea groups is 1. The van der Waals surface area contributed by atoms with E-state index < -0.39 is 0 Å². The van der Waals surface area contributed by atoms with Crippen molar-refractivity contribution in [3.63, 3.8) is 0 Å². The summed E-state index contributed by atoms with van der Waals surface area (Å²) in [5, 5.41) is 5.98. The van der Waals surface area contributed by atoms with Crippen molar-refractivity contribution >= 4 is 11.7 Å². The van der Waals surface area contributed by atoms with Crippen LogP contribution in [0.25, 0.3) is 0 Å². The molecule has 0 aliphatic heterocycles. The van der Waals surface area contributed by atoms with Crippen LogP contribution in [0.3, 0.4) is 0 Å².